The molecule has 0 N–H and O–H groups in total. The predicted octanol–water partition coefficient (Wildman–Crippen LogP) is 9.34. The maximum Gasteiger partial charge on any atom is 0.416 e. The number of nitrogens with zero attached hydrogens (tertiary/aromatic N) is 6. The molecule has 0 atom stereocenters. The Morgan fingerprint density at radius 2 is 1.04 bits per heavy atom. The summed E-state index contributed by atoms with van der Waals surface area (Å²) in [4.78, 5) is 6.98. The van der Waals surface area contributed by atoms with Crippen LogP contribution in [-0.2, 0) is 6.18 Å². The minimum Gasteiger partial charge on any atom is -0.226 e. The molecule has 47 heavy (non-hydrogen) atoms. The van der Waals surface area contributed by atoms with Crippen molar-refractivity contribution in [3.05, 3.63) is 152 Å². The van der Waals surface area contributed by atoms with E-state index in [1.54, 1.807) is 42.5 Å². The SMILES string of the molecule is [C-]#[N+]/C(C#N)=C1C2=C(/C(=C(\C#N)[N+]#[C-])c3ccc(-c4ccc(C)cc4C#N)cc32)c2cc(-c3ccc(C(F)(F)F)cc3C#N)ccc2\1. The van der Waals surface area contributed by atoms with Crippen LogP contribution in [0.25, 0.3) is 54.2 Å². The molecule has 2 aliphatic rings. The van der Waals surface area contributed by atoms with Gasteiger partial charge in [0.2, 0.25) is 0 Å². The average molecular weight is 613 g/mol. The summed E-state index contributed by atoms with van der Waals surface area (Å²) < 4.78 is 40.3. The van der Waals surface area contributed by atoms with E-state index in [1.807, 2.05) is 37.3 Å². The van der Waals surface area contributed by atoms with Crippen molar-refractivity contribution in [1.82, 2.24) is 0 Å². The maximum absolute atomic E-state index is 13.4. The molecule has 0 aliphatic heterocycles. The van der Waals surface area contributed by atoms with Crippen molar-refractivity contribution in [2.75, 3.05) is 0 Å². The Morgan fingerprint density at radius 3 is 1.47 bits per heavy atom. The predicted molar refractivity (Wildman–Crippen MR) is 168 cm³/mol. The number of halogens is 3. The topological polar surface area (TPSA) is 104 Å². The Hall–Kier alpha value is -7.17. The number of rotatable bonds is 2. The van der Waals surface area contributed by atoms with E-state index in [4.69, 9.17) is 13.1 Å². The van der Waals surface area contributed by atoms with Gasteiger partial charge in [0, 0.05) is 11.1 Å². The van der Waals surface area contributed by atoms with Crippen LogP contribution in [0.4, 0.5) is 13.2 Å². The second-order valence-corrected chi connectivity index (χ2v) is 10.7. The molecule has 0 bridgehead atoms. The summed E-state index contributed by atoms with van der Waals surface area (Å²) in [5.74, 6) is 0. The van der Waals surface area contributed by atoms with E-state index in [0.717, 1.165) is 17.7 Å². The van der Waals surface area contributed by atoms with Crippen molar-refractivity contribution in [3.63, 3.8) is 0 Å². The van der Waals surface area contributed by atoms with Crippen molar-refractivity contribution in [3.8, 4) is 46.5 Å². The summed E-state index contributed by atoms with van der Waals surface area (Å²) in [5, 5.41) is 39.7. The molecule has 0 fully saturated rings. The first-order valence-corrected chi connectivity index (χ1v) is 13.8. The number of alkyl halides is 3. The molecule has 0 amide bonds. The molecule has 0 spiro atoms. The van der Waals surface area contributed by atoms with Gasteiger partial charge in [0.25, 0.3) is 11.4 Å². The highest BCUT2D eigenvalue weighted by Gasteiger charge is 2.40. The lowest BCUT2D eigenvalue weighted by molar-refractivity contribution is -0.137. The third-order valence-corrected chi connectivity index (χ3v) is 8.16. The number of fused-ring (bicyclic) bond motifs is 4. The molecule has 4 aromatic rings. The summed E-state index contributed by atoms with van der Waals surface area (Å²) in [5.41, 5.74) is 5.02. The van der Waals surface area contributed by atoms with Crippen LogP contribution in [0.15, 0.2) is 84.2 Å². The molecule has 0 aromatic heterocycles. The zero-order valence-corrected chi connectivity index (χ0v) is 24.2. The number of nitriles is 4. The molecule has 0 unspecified atom stereocenters. The van der Waals surface area contributed by atoms with Crippen molar-refractivity contribution in [2.24, 2.45) is 0 Å². The largest absolute Gasteiger partial charge is 0.416 e. The van der Waals surface area contributed by atoms with Gasteiger partial charge in [-0.1, -0.05) is 42.5 Å². The molecule has 0 saturated heterocycles. The highest BCUT2D eigenvalue weighted by Crippen LogP contribution is 2.60. The summed E-state index contributed by atoms with van der Waals surface area (Å²) in [7, 11) is 0. The number of benzene rings is 4. The number of allylic oxidation sites excluding steroid dienone is 6. The van der Waals surface area contributed by atoms with Crippen LogP contribution in [0.2, 0.25) is 0 Å². The lowest BCUT2D eigenvalue weighted by Crippen LogP contribution is -2.05. The highest BCUT2D eigenvalue weighted by molar-refractivity contribution is 6.37. The molecule has 0 radical (unpaired) electrons. The van der Waals surface area contributed by atoms with Gasteiger partial charge in [-0.2, -0.15) is 23.7 Å². The molecule has 2 aliphatic carbocycles. The molecule has 0 saturated carbocycles. The second kappa shape index (κ2) is 11.1. The number of hydrogen-bond acceptors (Lipinski definition) is 4. The normalized spacial score (nSPS) is 14.7. The van der Waals surface area contributed by atoms with Crippen molar-refractivity contribution in [2.45, 2.75) is 13.1 Å². The van der Waals surface area contributed by atoms with Gasteiger partial charge >= 0.3 is 6.18 Å². The maximum atomic E-state index is 13.4. The summed E-state index contributed by atoms with van der Waals surface area (Å²) in [6.07, 6.45) is -4.65. The van der Waals surface area contributed by atoms with Crippen molar-refractivity contribution >= 4 is 22.3 Å². The fraction of sp³-hybridized carbons (Fsp3) is 0.0526. The van der Waals surface area contributed by atoms with Crippen molar-refractivity contribution < 1.29 is 13.2 Å². The highest BCUT2D eigenvalue weighted by atomic mass is 19.4. The third-order valence-electron chi connectivity index (χ3n) is 8.16. The second-order valence-electron chi connectivity index (χ2n) is 10.7. The van der Waals surface area contributed by atoms with Gasteiger partial charge in [-0.3, -0.25) is 0 Å². The molecular formula is C38H15F3N6. The molecular weight excluding hydrogens is 597 g/mol. The zero-order valence-electron chi connectivity index (χ0n) is 24.2. The fourth-order valence-electron chi connectivity index (χ4n) is 6.16. The standard InChI is InChI=1S/C38H15F3N6/c1-20-4-8-26(23(12-20)16-42)21-5-9-28-30(14-21)36-35(33(19-45)47-3)29-10-6-22(15-31(29)37(36)34(28)32(18-44)46-2)27-11-7-25(38(39,40)41)13-24(27)17-43/h4-15H,1H3/b34-32+,35-33-. The van der Waals surface area contributed by atoms with E-state index < -0.39 is 11.7 Å². The van der Waals surface area contributed by atoms with E-state index >= 15 is 0 Å². The first kappa shape index (κ1) is 29.9. The first-order chi connectivity index (χ1) is 22.6. The van der Waals surface area contributed by atoms with Crippen LogP contribution in [0.5, 0.6) is 0 Å². The van der Waals surface area contributed by atoms with Crippen molar-refractivity contribution in [1.29, 1.82) is 21.0 Å². The zero-order chi connectivity index (χ0) is 33.6. The molecule has 4 aromatic carbocycles. The molecule has 0 heterocycles. The monoisotopic (exact) mass is 612 g/mol. The van der Waals surface area contributed by atoms with Gasteiger partial charge in [-0.25, -0.2) is 20.2 Å². The van der Waals surface area contributed by atoms with Gasteiger partial charge in [-0.15, -0.1) is 0 Å². The van der Waals surface area contributed by atoms with Crippen LogP contribution in [0.1, 0.15) is 44.5 Å². The van der Waals surface area contributed by atoms with Gasteiger partial charge in [0.1, 0.15) is 0 Å². The summed E-state index contributed by atoms with van der Waals surface area (Å²) in [6.45, 7) is 17.5. The van der Waals surface area contributed by atoms with Gasteiger partial charge < -0.3 is 0 Å². The Balaban J connectivity index is 1.69. The lowest BCUT2D eigenvalue weighted by Gasteiger charge is -2.16. The minimum atomic E-state index is -4.65. The van der Waals surface area contributed by atoms with Crippen LogP contribution >= 0.6 is 0 Å². The minimum absolute atomic E-state index is 0.206. The Bertz CT molecular complexity index is 2440. The number of hydrogen-bond donors (Lipinski definition) is 0. The van der Waals surface area contributed by atoms with E-state index in [9.17, 15) is 34.2 Å². The smallest absolute Gasteiger partial charge is 0.226 e. The van der Waals surface area contributed by atoms with Crippen LogP contribution in [0, 0.1) is 65.4 Å². The Morgan fingerprint density at radius 1 is 0.596 bits per heavy atom. The van der Waals surface area contributed by atoms with Crippen LogP contribution < -0.4 is 0 Å². The molecule has 218 valence electrons. The molecule has 6 rings (SSSR count). The van der Waals surface area contributed by atoms with E-state index in [-0.39, 0.29) is 33.7 Å². The van der Waals surface area contributed by atoms with Gasteiger partial charge in [-0.05, 0) is 98.5 Å². The van der Waals surface area contributed by atoms with E-state index in [0.29, 0.717) is 55.7 Å². The van der Waals surface area contributed by atoms with E-state index in [2.05, 4.69) is 15.8 Å². The first-order valence-electron chi connectivity index (χ1n) is 13.8. The Labute approximate surface area is 267 Å². The Kier molecular flexibility index (Phi) is 7.04. The molecule has 9 heteroatoms. The lowest BCUT2D eigenvalue weighted by atomic mass is 9.87. The fourth-order valence-corrected chi connectivity index (χ4v) is 6.16. The van der Waals surface area contributed by atoms with Gasteiger partial charge in [0.15, 0.2) is 0 Å². The van der Waals surface area contributed by atoms with Crippen LogP contribution in [-0.4, -0.2) is 0 Å². The number of aryl methyl sites for hydroxylation is 1. The summed E-state index contributed by atoms with van der Waals surface area (Å²) >= 11 is 0. The van der Waals surface area contributed by atoms with Crippen LogP contribution in [0.3, 0.4) is 0 Å². The quantitative estimate of drug-likeness (QED) is 0.166. The van der Waals surface area contributed by atoms with Gasteiger partial charge in [0.05, 0.1) is 54.1 Å². The summed E-state index contributed by atoms with van der Waals surface area (Å²) in [6, 6.07) is 26.5. The third kappa shape index (κ3) is 4.62. The van der Waals surface area contributed by atoms with E-state index in [1.165, 1.54) is 6.07 Å². The average Bonchev–Trinajstić information content (AvgIpc) is 3.57. The molecule has 6 nitrogen and oxygen atoms in total.